The van der Waals surface area contributed by atoms with Crippen molar-refractivity contribution < 1.29 is 8.42 Å². The van der Waals surface area contributed by atoms with Crippen molar-refractivity contribution in [2.75, 3.05) is 16.2 Å². The minimum absolute atomic E-state index is 0.00531. The number of nitrogens with one attached hydrogen (secondary N) is 1. The summed E-state index contributed by atoms with van der Waals surface area (Å²) < 4.78 is 26.4. The maximum Gasteiger partial charge on any atom is 0.233 e. The summed E-state index contributed by atoms with van der Waals surface area (Å²) in [5, 5.41) is 0. The summed E-state index contributed by atoms with van der Waals surface area (Å²) in [5.74, 6) is 0.00531. The Morgan fingerprint density at radius 1 is 1.11 bits per heavy atom. The Bertz CT molecular complexity index is 642. The van der Waals surface area contributed by atoms with Crippen LogP contribution < -0.4 is 10.5 Å². The molecule has 1 heterocycles. The number of para-hydroxylation sites is 2. The van der Waals surface area contributed by atoms with Gasteiger partial charge in [-0.3, -0.25) is 9.71 Å². The van der Waals surface area contributed by atoms with Crippen LogP contribution in [-0.2, 0) is 16.4 Å². The van der Waals surface area contributed by atoms with Crippen molar-refractivity contribution in [3.63, 3.8) is 0 Å². The molecule has 1 aromatic heterocycles. The fourth-order valence-electron chi connectivity index (χ4n) is 1.61. The van der Waals surface area contributed by atoms with Gasteiger partial charge in [0.05, 0.1) is 17.1 Å². The molecule has 0 spiro atoms. The lowest BCUT2D eigenvalue weighted by Crippen LogP contribution is -2.19. The lowest BCUT2D eigenvalue weighted by Gasteiger charge is -2.09. The van der Waals surface area contributed by atoms with Crippen LogP contribution in [-0.4, -0.2) is 19.2 Å². The monoisotopic (exact) mass is 277 g/mol. The van der Waals surface area contributed by atoms with Crippen LogP contribution in [0.25, 0.3) is 0 Å². The zero-order chi connectivity index (χ0) is 13.7. The van der Waals surface area contributed by atoms with E-state index < -0.39 is 10.0 Å². The second kappa shape index (κ2) is 5.71. The van der Waals surface area contributed by atoms with Gasteiger partial charge in [0.15, 0.2) is 0 Å². The highest BCUT2D eigenvalue weighted by molar-refractivity contribution is 7.92. The van der Waals surface area contributed by atoms with Crippen molar-refractivity contribution >= 4 is 21.4 Å². The highest BCUT2D eigenvalue weighted by Crippen LogP contribution is 2.18. The van der Waals surface area contributed by atoms with Gasteiger partial charge in [-0.05, 0) is 36.2 Å². The molecule has 0 bridgehead atoms. The van der Waals surface area contributed by atoms with E-state index in [0.29, 0.717) is 17.8 Å². The Morgan fingerprint density at radius 3 is 2.47 bits per heavy atom. The van der Waals surface area contributed by atoms with E-state index in [1.807, 2.05) is 0 Å². The molecule has 0 unspecified atom stereocenters. The fourth-order valence-corrected chi connectivity index (χ4v) is 2.74. The SMILES string of the molecule is Nc1ccccc1NS(=O)(=O)CCc1ccncc1. The van der Waals surface area contributed by atoms with Gasteiger partial charge in [0, 0.05) is 12.4 Å². The number of nitrogen functional groups attached to an aromatic ring is 1. The molecular weight excluding hydrogens is 262 g/mol. The zero-order valence-electron chi connectivity index (χ0n) is 10.3. The molecule has 100 valence electrons. The predicted octanol–water partition coefficient (Wildman–Crippen LogP) is 1.65. The van der Waals surface area contributed by atoms with Crippen molar-refractivity contribution in [3.05, 3.63) is 54.4 Å². The molecule has 1 aromatic carbocycles. The molecule has 19 heavy (non-hydrogen) atoms. The first-order valence-corrected chi connectivity index (χ1v) is 7.46. The van der Waals surface area contributed by atoms with Gasteiger partial charge < -0.3 is 5.73 Å². The Hall–Kier alpha value is -2.08. The first-order chi connectivity index (χ1) is 9.07. The summed E-state index contributed by atoms with van der Waals surface area (Å²) in [7, 11) is -3.41. The number of aromatic nitrogens is 1. The van der Waals surface area contributed by atoms with Gasteiger partial charge in [-0.25, -0.2) is 8.42 Å². The van der Waals surface area contributed by atoms with E-state index in [-0.39, 0.29) is 5.75 Å². The van der Waals surface area contributed by atoms with Gasteiger partial charge >= 0.3 is 0 Å². The molecule has 6 heteroatoms. The Labute approximate surface area is 112 Å². The number of hydrogen-bond donors (Lipinski definition) is 2. The van der Waals surface area contributed by atoms with Crippen LogP contribution in [0, 0.1) is 0 Å². The summed E-state index contributed by atoms with van der Waals surface area (Å²) in [5.41, 5.74) is 7.46. The summed E-state index contributed by atoms with van der Waals surface area (Å²) in [6.07, 6.45) is 3.72. The third-order valence-corrected chi connectivity index (χ3v) is 3.91. The Morgan fingerprint density at radius 2 is 1.79 bits per heavy atom. The Kier molecular flexibility index (Phi) is 4.01. The molecule has 0 saturated carbocycles. The van der Waals surface area contributed by atoms with E-state index in [2.05, 4.69) is 9.71 Å². The summed E-state index contributed by atoms with van der Waals surface area (Å²) >= 11 is 0. The summed E-state index contributed by atoms with van der Waals surface area (Å²) in [6.45, 7) is 0. The maximum atomic E-state index is 11.9. The van der Waals surface area contributed by atoms with Gasteiger partial charge in [0.2, 0.25) is 10.0 Å². The number of aryl methyl sites for hydroxylation is 1. The van der Waals surface area contributed by atoms with Gasteiger partial charge in [-0.2, -0.15) is 0 Å². The van der Waals surface area contributed by atoms with Gasteiger partial charge in [-0.1, -0.05) is 12.1 Å². The third kappa shape index (κ3) is 3.96. The normalized spacial score (nSPS) is 11.2. The maximum absolute atomic E-state index is 11.9. The van der Waals surface area contributed by atoms with Crippen molar-refractivity contribution in [2.45, 2.75) is 6.42 Å². The second-order valence-electron chi connectivity index (χ2n) is 4.11. The van der Waals surface area contributed by atoms with Crippen LogP contribution in [0.3, 0.4) is 0 Å². The molecule has 2 rings (SSSR count). The standard InChI is InChI=1S/C13H15N3O2S/c14-12-3-1-2-4-13(12)16-19(17,18)10-7-11-5-8-15-9-6-11/h1-6,8-9,16H,7,10,14H2. The van der Waals surface area contributed by atoms with Crippen LogP contribution in [0.15, 0.2) is 48.8 Å². The highest BCUT2D eigenvalue weighted by Gasteiger charge is 2.11. The molecule has 0 amide bonds. The van der Waals surface area contributed by atoms with E-state index in [9.17, 15) is 8.42 Å². The lowest BCUT2D eigenvalue weighted by molar-refractivity contribution is 0.600. The first-order valence-electron chi connectivity index (χ1n) is 5.81. The molecule has 0 radical (unpaired) electrons. The van der Waals surface area contributed by atoms with Crippen LogP contribution in [0.5, 0.6) is 0 Å². The average Bonchev–Trinajstić information content (AvgIpc) is 2.40. The zero-order valence-corrected chi connectivity index (χ0v) is 11.1. The number of nitrogens with zero attached hydrogens (tertiary/aromatic N) is 1. The predicted molar refractivity (Wildman–Crippen MR) is 76.2 cm³/mol. The van der Waals surface area contributed by atoms with Crippen molar-refractivity contribution in [1.29, 1.82) is 0 Å². The van der Waals surface area contributed by atoms with E-state index in [1.165, 1.54) is 0 Å². The summed E-state index contributed by atoms with van der Waals surface area (Å²) in [4.78, 5) is 3.89. The number of anilines is 2. The van der Waals surface area contributed by atoms with E-state index in [0.717, 1.165) is 5.56 Å². The molecule has 0 saturated heterocycles. The number of nitrogens with two attached hydrogens (primary N) is 1. The molecule has 0 aliphatic heterocycles. The number of sulfonamides is 1. The van der Waals surface area contributed by atoms with Crippen LogP contribution in [0.1, 0.15) is 5.56 Å². The minimum atomic E-state index is -3.41. The topological polar surface area (TPSA) is 85.1 Å². The fraction of sp³-hybridized carbons (Fsp3) is 0.154. The average molecular weight is 277 g/mol. The minimum Gasteiger partial charge on any atom is -0.397 e. The second-order valence-corrected chi connectivity index (χ2v) is 5.96. The molecular formula is C13H15N3O2S. The lowest BCUT2D eigenvalue weighted by atomic mass is 10.2. The van der Waals surface area contributed by atoms with Crippen molar-refractivity contribution in [2.24, 2.45) is 0 Å². The highest BCUT2D eigenvalue weighted by atomic mass is 32.2. The van der Waals surface area contributed by atoms with E-state index >= 15 is 0 Å². The number of hydrogen-bond acceptors (Lipinski definition) is 4. The smallest absolute Gasteiger partial charge is 0.233 e. The molecule has 0 atom stereocenters. The molecule has 3 N–H and O–H groups in total. The van der Waals surface area contributed by atoms with Crippen LogP contribution >= 0.6 is 0 Å². The largest absolute Gasteiger partial charge is 0.397 e. The van der Waals surface area contributed by atoms with Crippen LogP contribution in [0.2, 0.25) is 0 Å². The quantitative estimate of drug-likeness (QED) is 0.814. The van der Waals surface area contributed by atoms with Gasteiger partial charge in [0.1, 0.15) is 0 Å². The van der Waals surface area contributed by atoms with E-state index in [1.54, 1.807) is 48.8 Å². The molecule has 0 aliphatic carbocycles. The van der Waals surface area contributed by atoms with Gasteiger partial charge in [0.25, 0.3) is 0 Å². The van der Waals surface area contributed by atoms with Gasteiger partial charge in [-0.15, -0.1) is 0 Å². The van der Waals surface area contributed by atoms with Crippen molar-refractivity contribution in [3.8, 4) is 0 Å². The Balaban J connectivity index is 2.02. The van der Waals surface area contributed by atoms with Crippen molar-refractivity contribution in [1.82, 2.24) is 4.98 Å². The number of pyridine rings is 1. The molecule has 5 nitrogen and oxygen atoms in total. The molecule has 0 fully saturated rings. The third-order valence-electron chi connectivity index (χ3n) is 2.64. The van der Waals surface area contributed by atoms with E-state index in [4.69, 9.17) is 5.73 Å². The molecule has 0 aliphatic rings. The first kappa shape index (κ1) is 13.4. The number of benzene rings is 1. The number of rotatable bonds is 5. The molecule has 2 aromatic rings. The summed E-state index contributed by atoms with van der Waals surface area (Å²) in [6, 6.07) is 10.4. The van der Waals surface area contributed by atoms with Crippen LogP contribution in [0.4, 0.5) is 11.4 Å².